The molecule has 0 heterocycles. The Hall–Kier alpha value is -3.55. The largest absolute Gasteiger partial charge is 0.456 e. The summed E-state index contributed by atoms with van der Waals surface area (Å²) in [6.07, 6.45) is -0.241. The molecule has 3 aromatic carbocycles. The van der Waals surface area contributed by atoms with Crippen molar-refractivity contribution in [3.8, 4) is 11.5 Å². The van der Waals surface area contributed by atoms with Gasteiger partial charge in [-0.3, -0.25) is 14.4 Å². The number of rotatable bonds is 9. The number of carbonyl (C=O) groups excluding carboxylic acids is 3. The van der Waals surface area contributed by atoms with Gasteiger partial charge in [-0.1, -0.05) is 29.3 Å². The summed E-state index contributed by atoms with van der Waals surface area (Å²) in [6.45, 7) is 3.42. The number of esters is 1. The minimum Gasteiger partial charge on any atom is -0.456 e. The zero-order chi connectivity index (χ0) is 25.4. The fraction of sp³-hybridized carbons (Fsp3) is 0.192. The Balaban J connectivity index is 1.39. The molecule has 35 heavy (non-hydrogen) atoms. The maximum atomic E-state index is 12.2. The summed E-state index contributed by atoms with van der Waals surface area (Å²) >= 11 is 12.0. The summed E-state index contributed by atoms with van der Waals surface area (Å²) in [5.41, 5.74) is 3.19. The number of carbonyl (C=O) groups is 3. The van der Waals surface area contributed by atoms with Crippen LogP contribution in [0.3, 0.4) is 0 Å². The molecule has 0 saturated heterocycles. The number of hydrogen-bond donors (Lipinski definition) is 2. The lowest BCUT2D eigenvalue weighted by atomic mass is 10.1. The molecule has 0 fully saturated rings. The van der Waals surface area contributed by atoms with Crippen LogP contribution >= 0.6 is 23.2 Å². The van der Waals surface area contributed by atoms with Gasteiger partial charge in [0, 0.05) is 22.8 Å². The van der Waals surface area contributed by atoms with Gasteiger partial charge in [0.15, 0.2) is 6.61 Å². The predicted octanol–water partition coefficient (Wildman–Crippen LogP) is 6.30. The molecule has 0 aromatic heterocycles. The number of nitrogens with one attached hydrogen (secondary N) is 2. The van der Waals surface area contributed by atoms with Crippen molar-refractivity contribution in [1.29, 1.82) is 0 Å². The van der Waals surface area contributed by atoms with E-state index in [0.29, 0.717) is 32.9 Å². The lowest BCUT2D eigenvalue weighted by molar-refractivity contribution is -0.147. The van der Waals surface area contributed by atoms with Crippen molar-refractivity contribution in [3.05, 3.63) is 81.8 Å². The molecule has 0 radical (unpaired) electrons. The van der Waals surface area contributed by atoms with E-state index in [-0.39, 0.29) is 18.7 Å². The monoisotopic (exact) mass is 514 g/mol. The molecule has 9 heteroatoms. The minimum atomic E-state index is -0.640. The molecule has 0 unspecified atom stereocenters. The second kappa shape index (κ2) is 12.2. The number of amides is 2. The van der Waals surface area contributed by atoms with Crippen LogP contribution in [0.15, 0.2) is 60.7 Å². The second-order valence-electron chi connectivity index (χ2n) is 7.83. The topological polar surface area (TPSA) is 93.7 Å². The quantitative estimate of drug-likeness (QED) is 0.326. The number of benzene rings is 3. The summed E-state index contributed by atoms with van der Waals surface area (Å²) in [5.74, 6) is -0.477. The molecular weight excluding hydrogens is 491 g/mol. The predicted molar refractivity (Wildman–Crippen MR) is 136 cm³/mol. The molecule has 2 N–H and O–H groups in total. The third-order valence-corrected chi connectivity index (χ3v) is 5.22. The van der Waals surface area contributed by atoms with Crippen LogP contribution in [0.25, 0.3) is 0 Å². The van der Waals surface area contributed by atoms with Gasteiger partial charge in [0.25, 0.3) is 5.91 Å². The van der Waals surface area contributed by atoms with Gasteiger partial charge in [-0.2, -0.15) is 0 Å². The summed E-state index contributed by atoms with van der Waals surface area (Å²) in [7, 11) is 0. The van der Waals surface area contributed by atoms with E-state index >= 15 is 0 Å². The molecule has 7 nitrogen and oxygen atoms in total. The maximum absolute atomic E-state index is 12.2. The lowest BCUT2D eigenvalue weighted by Gasteiger charge is -2.10. The van der Waals surface area contributed by atoms with Crippen LogP contribution in [0.5, 0.6) is 11.5 Å². The first-order valence-electron chi connectivity index (χ1n) is 10.7. The van der Waals surface area contributed by atoms with E-state index in [4.69, 9.17) is 32.7 Å². The van der Waals surface area contributed by atoms with Gasteiger partial charge in [0.1, 0.15) is 11.5 Å². The van der Waals surface area contributed by atoms with Gasteiger partial charge < -0.3 is 20.1 Å². The van der Waals surface area contributed by atoms with Crippen molar-refractivity contribution >= 4 is 52.4 Å². The molecule has 0 spiro atoms. The van der Waals surface area contributed by atoms with Crippen LogP contribution in [0.1, 0.15) is 24.0 Å². The summed E-state index contributed by atoms with van der Waals surface area (Å²) in [4.78, 5) is 36.1. The van der Waals surface area contributed by atoms with Crippen molar-refractivity contribution in [1.82, 2.24) is 0 Å². The molecular formula is C26H24Cl2N2O5. The van der Waals surface area contributed by atoms with E-state index in [0.717, 1.165) is 11.1 Å². The van der Waals surface area contributed by atoms with Crippen LogP contribution in [0.4, 0.5) is 11.4 Å². The van der Waals surface area contributed by atoms with Gasteiger partial charge >= 0.3 is 5.97 Å². The Morgan fingerprint density at radius 1 is 0.771 bits per heavy atom. The SMILES string of the molecule is Cc1cc(C)cc(NC(=O)COC(=O)CCC(=O)Nc2ccc(Oc3ccc(Cl)cc3Cl)cc2)c1. The zero-order valence-corrected chi connectivity index (χ0v) is 20.7. The lowest BCUT2D eigenvalue weighted by Crippen LogP contribution is -2.21. The van der Waals surface area contributed by atoms with Crippen LogP contribution in [0.2, 0.25) is 10.0 Å². The van der Waals surface area contributed by atoms with Crippen molar-refractivity contribution in [2.24, 2.45) is 0 Å². The van der Waals surface area contributed by atoms with Gasteiger partial charge in [-0.25, -0.2) is 0 Å². The van der Waals surface area contributed by atoms with Gasteiger partial charge in [0.05, 0.1) is 11.4 Å². The Morgan fingerprint density at radius 3 is 2.09 bits per heavy atom. The molecule has 0 saturated carbocycles. The molecule has 2 amide bonds. The fourth-order valence-electron chi connectivity index (χ4n) is 3.19. The van der Waals surface area contributed by atoms with E-state index in [1.807, 2.05) is 32.0 Å². The van der Waals surface area contributed by atoms with E-state index < -0.39 is 18.5 Å². The first kappa shape index (κ1) is 26.1. The Labute approximate surface area is 213 Å². The van der Waals surface area contributed by atoms with Crippen molar-refractivity contribution in [2.45, 2.75) is 26.7 Å². The minimum absolute atomic E-state index is 0.0871. The molecule has 182 valence electrons. The zero-order valence-electron chi connectivity index (χ0n) is 19.2. The van der Waals surface area contributed by atoms with Gasteiger partial charge in [0.2, 0.25) is 5.91 Å². The van der Waals surface area contributed by atoms with Crippen molar-refractivity contribution in [3.63, 3.8) is 0 Å². The van der Waals surface area contributed by atoms with Crippen LogP contribution in [0, 0.1) is 13.8 Å². The highest BCUT2D eigenvalue weighted by atomic mass is 35.5. The summed E-state index contributed by atoms with van der Waals surface area (Å²) in [5, 5.41) is 6.26. The third kappa shape index (κ3) is 8.63. The van der Waals surface area contributed by atoms with E-state index in [9.17, 15) is 14.4 Å². The molecule has 3 rings (SSSR count). The Morgan fingerprint density at radius 2 is 1.43 bits per heavy atom. The maximum Gasteiger partial charge on any atom is 0.306 e. The first-order chi connectivity index (χ1) is 16.7. The number of halogens is 2. The average Bonchev–Trinajstić information content (AvgIpc) is 2.78. The number of anilines is 2. The number of ether oxygens (including phenoxy) is 2. The smallest absolute Gasteiger partial charge is 0.306 e. The highest BCUT2D eigenvalue weighted by Gasteiger charge is 2.12. The van der Waals surface area contributed by atoms with Gasteiger partial charge in [-0.05, 0) is 79.6 Å². The van der Waals surface area contributed by atoms with Crippen LogP contribution in [-0.2, 0) is 19.1 Å². The molecule has 0 aliphatic carbocycles. The second-order valence-corrected chi connectivity index (χ2v) is 8.68. The van der Waals surface area contributed by atoms with E-state index in [2.05, 4.69) is 10.6 Å². The highest BCUT2D eigenvalue weighted by molar-refractivity contribution is 6.35. The van der Waals surface area contributed by atoms with E-state index in [1.54, 1.807) is 42.5 Å². The fourth-order valence-corrected chi connectivity index (χ4v) is 3.64. The third-order valence-electron chi connectivity index (χ3n) is 4.69. The molecule has 0 atom stereocenters. The van der Waals surface area contributed by atoms with Crippen LogP contribution in [-0.4, -0.2) is 24.4 Å². The van der Waals surface area contributed by atoms with Crippen LogP contribution < -0.4 is 15.4 Å². The first-order valence-corrected chi connectivity index (χ1v) is 11.5. The standard InChI is InChI=1S/C26H24Cl2N2O5/c1-16-11-17(2)13-20(12-16)30-25(32)15-34-26(33)10-9-24(31)29-19-4-6-21(7-5-19)35-23-8-3-18(27)14-22(23)28/h3-8,11-14H,9-10,15H2,1-2H3,(H,29,31)(H,30,32). The number of hydrogen-bond acceptors (Lipinski definition) is 5. The average molecular weight is 515 g/mol. The normalized spacial score (nSPS) is 10.4. The number of aryl methyl sites for hydroxylation is 2. The molecule has 0 bridgehead atoms. The molecule has 3 aromatic rings. The van der Waals surface area contributed by atoms with Gasteiger partial charge in [-0.15, -0.1) is 0 Å². The summed E-state index contributed by atoms with van der Waals surface area (Å²) in [6, 6.07) is 17.2. The Kier molecular flexibility index (Phi) is 9.11. The molecule has 0 aliphatic rings. The molecule has 0 aliphatic heterocycles. The highest BCUT2D eigenvalue weighted by Crippen LogP contribution is 2.32. The van der Waals surface area contributed by atoms with Crippen molar-refractivity contribution < 1.29 is 23.9 Å². The van der Waals surface area contributed by atoms with Crippen molar-refractivity contribution in [2.75, 3.05) is 17.2 Å². The van der Waals surface area contributed by atoms with E-state index in [1.165, 1.54) is 0 Å². The summed E-state index contributed by atoms with van der Waals surface area (Å²) < 4.78 is 10.7. The Bertz CT molecular complexity index is 1210.